The van der Waals surface area contributed by atoms with E-state index in [2.05, 4.69) is 20.4 Å². The molecule has 0 bridgehead atoms. The van der Waals surface area contributed by atoms with E-state index in [0.717, 1.165) is 29.6 Å². The van der Waals surface area contributed by atoms with Crippen LogP contribution in [0.5, 0.6) is 0 Å². The monoisotopic (exact) mass is 773 g/mol. The van der Waals surface area contributed by atoms with Crippen molar-refractivity contribution in [1.29, 1.82) is 0 Å². The highest BCUT2D eigenvalue weighted by Crippen LogP contribution is 2.60. The molecule has 0 unspecified atom stereocenters. The first-order valence-corrected chi connectivity index (χ1v) is 17.7. The Kier molecular flexibility index (Phi) is 9.29. The second-order valence-electron chi connectivity index (χ2n) is 15.3. The normalized spacial score (nSPS) is 20.4. The van der Waals surface area contributed by atoms with Crippen molar-refractivity contribution < 1.29 is 36.3 Å². The maximum atomic E-state index is 15.0. The van der Waals surface area contributed by atoms with Crippen LogP contribution < -0.4 is 5.73 Å². The molecule has 286 valence electrons. The molecule has 2 aromatic heterocycles. The Morgan fingerprint density at radius 2 is 1.80 bits per heavy atom. The number of esters is 1. The number of carbonyl (C=O) groups excluding carboxylic acids is 2. The third-order valence-corrected chi connectivity index (χ3v) is 10.4. The lowest BCUT2D eigenvalue weighted by atomic mass is 9.75. The molecule has 2 N–H and O–H groups in total. The van der Waals surface area contributed by atoms with E-state index >= 15 is 0 Å². The Balaban J connectivity index is 1.26. The molecular weight excluding hydrogens is 737 g/mol. The van der Waals surface area contributed by atoms with Crippen LogP contribution in [0.2, 0.25) is 5.02 Å². The molecule has 1 aliphatic heterocycles. The maximum Gasteiger partial charge on any atom is 0.395 e. The third-order valence-electron chi connectivity index (χ3n) is 10.0. The lowest BCUT2D eigenvalue weighted by Crippen LogP contribution is -2.47. The van der Waals surface area contributed by atoms with Crippen LogP contribution >= 0.6 is 11.6 Å². The number of nitrogens with zero attached hydrogens (tertiary/aromatic N) is 8. The molecule has 2 atom stereocenters. The van der Waals surface area contributed by atoms with E-state index in [1.54, 1.807) is 24.3 Å². The third kappa shape index (κ3) is 7.05. The molecular formula is C36H37ClF5N9O3. The lowest BCUT2D eigenvalue weighted by Gasteiger charge is -2.35. The molecule has 12 nitrogen and oxygen atoms in total. The van der Waals surface area contributed by atoms with Crippen molar-refractivity contribution in [1.82, 2.24) is 34.7 Å². The molecule has 1 amide bonds. The van der Waals surface area contributed by atoms with Crippen molar-refractivity contribution in [3.05, 3.63) is 71.1 Å². The summed E-state index contributed by atoms with van der Waals surface area (Å²) >= 11 is 6.45. The molecule has 0 radical (unpaired) electrons. The molecule has 2 fully saturated rings. The van der Waals surface area contributed by atoms with Gasteiger partial charge in [0.2, 0.25) is 0 Å². The van der Waals surface area contributed by atoms with Crippen molar-refractivity contribution in [2.75, 3.05) is 6.61 Å². The van der Waals surface area contributed by atoms with Crippen molar-refractivity contribution in [3.63, 3.8) is 0 Å². The highest BCUT2D eigenvalue weighted by Gasteiger charge is 2.64. The van der Waals surface area contributed by atoms with E-state index < -0.39 is 60.0 Å². The smallest absolute Gasteiger partial charge is 0.395 e. The first kappa shape index (κ1) is 37.4. The molecule has 2 aliphatic carbocycles. The lowest BCUT2D eigenvalue weighted by molar-refractivity contribution is -0.195. The molecule has 54 heavy (non-hydrogen) atoms. The Labute approximate surface area is 311 Å². The van der Waals surface area contributed by atoms with Gasteiger partial charge in [0.15, 0.2) is 17.3 Å². The molecule has 2 saturated carbocycles. The Hall–Kier alpha value is -4.93. The number of carbonyl (C=O) groups is 2. The van der Waals surface area contributed by atoms with Gasteiger partial charge >= 0.3 is 18.7 Å². The van der Waals surface area contributed by atoms with Crippen LogP contribution in [0.15, 0.2) is 60.0 Å². The molecule has 0 saturated heterocycles. The fourth-order valence-electron chi connectivity index (χ4n) is 6.96. The zero-order valence-electron chi connectivity index (χ0n) is 29.5. The highest BCUT2D eigenvalue weighted by molar-refractivity contribution is 6.33. The van der Waals surface area contributed by atoms with Gasteiger partial charge in [-0.2, -0.15) is 31.7 Å². The fourth-order valence-corrected chi connectivity index (χ4v) is 7.16. The molecule has 3 aliphatic rings. The van der Waals surface area contributed by atoms with E-state index in [1.807, 2.05) is 31.6 Å². The molecule has 4 aromatic rings. The number of alkyl halides is 5. The molecule has 2 aromatic carbocycles. The minimum absolute atomic E-state index is 0.00890. The predicted octanol–water partition coefficient (Wildman–Crippen LogP) is 7.39. The highest BCUT2D eigenvalue weighted by atomic mass is 35.5. The van der Waals surface area contributed by atoms with Gasteiger partial charge in [0.1, 0.15) is 18.6 Å². The summed E-state index contributed by atoms with van der Waals surface area (Å²) in [5.41, 5.74) is 4.49. The van der Waals surface area contributed by atoms with Crippen molar-refractivity contribution in [3.8, 4) is 22.6 Å². The van der Waals surface area contributed by atoms with Crippen LogP contribution in [0.3, 0.4) is 0 Å². The van der Waals surface area contributed by atoms with Gasteiger partial charge in [-0.3, -0.25) is 14.5 Å². The number of guanidine groups is 1. The fraction of sp³-hybridized carbons (Fsp3) is 0.472. The van der Waals surface area contributed by atoms with Crippen LogP contribution in [-0.2, 0) is 19.9 Å². The Bertz CT molecular complexity index is 2100. The summed E-state index contributed by atoms with van der Waals surface area (Å²) in [5, 5.41) is 12.1. The van der Waals surface area contributed by atoms with Gasteiger partial charge in [-0.05, 0) is 60.8 Å². The number of halogens is 6. The predicted molar refractivity (Wildman–Crippen MR) is 186 cm³/mol. The van der Waals surface area contributed by atoms with E-state index in [0.29, 0.717) is 22.0 Å². The van der Waals surface area contributed by atoms with Crippen LogP contribution in [0.25, 0.3) is 22.6 Å². The summed E-state index contributed by atoms with van der Waals surface area (Å²) in [7, 11) is 0. The Morgan fingerprint density at radius 1 is 1.09 bits per heavy atom. The first-order chi connectivity index (χ1) is 25.4. The van der Waals surface area contributed by atoms with Gasteiger partial charge < -0.3 is 10.5 Å². The van der Waals surface area contributed by atoms with Crippen LogP contribution in [-0.4, -0.2) is 65.3 Å². The molecule has 0 spiro atoms. The number of hydrogen-bond acceptors (Lipinski definition) is 9. The number of nitrogens with two attached hydrogens (primary N) is 1. The van der Waals surface area contributed by atoms with Crippen LogP contribution in [0.1, 0.15) is 89.1 Å². The number of aliphatic imine (C=N–C) groups is 1. The average Bonchev–Trinajstić information content (AvgIpc) is 3.97. The number of aromatic nitrogens is 6. The zero-order chi connectivity index (χ0) is 38.8. The quantitative estimate of drug-likeness (QED) is 0.116. The topological polar surface area (TPSA) is 146 Å². The van der Waals surface area contributed by atoms with Gasteiger partial charge in [0, 0.05) is 11.1 Å². The number of amides is 1. The number of rotatable bonds is 12. The summed E-state index contributed by atoms with van der Waals surface area (Å²) in [6.45, 7) is 2.08. The average molecular weight is 774 g/mol. The molecule has 18 heteroatoms. The summed E-state index contributed by atoms with van der Waals surface area (Å²) in [5.74, 6) is -2.26. The van der Waals surface area contributed by atoms with Gasteiger partial charge in [0.05, 0.1) is 35.1 Å². The summed E-state index contributed by atoms with van der Waals surface area (Å²) in [6, 6.07) is 10.4. The number of benzene rings is 2. The van der Waals surface area contributed by atoms with Gasteiger partial charge in [-0.25, -0.2) is 14.7 Å². The van der Waals surface area contributed by atoms with Crippen molar-refractivity contribution >= 4 is 29.4 Å². The second-order valence-corrected chi connectivity index (χ2v) is 15.7. The molecule has 7 rings (SSSR count). The van der Waals surface area contributed by atoms with E-state index in [9.17, 15) is 31.5 Å². The SMILES string of the molecule is CC(C)(C)C[C@]1(c2ccc(-c3cn(C4CC4)nn3)cc2)N=C(N)N([C@H](COC(=O)CC2(C(F)(F)F)CC2)c2ccc(Cl)c(-c3ncnn3C(F)F)c2)C1=O. The first-order valence-electron chi connectivity index (χ1n) is 17.3. The summed E-state index contributed by atoms with van der Waals surface area (Å²) in [4.78, 5) is 37.8. The van der Waals surface area contributed by atoms with E-state index in [1.165, 1.54) is 18.2 Å². The van der Waals surface area contributed by atoms with Gasteiger partial charge in [0.25, 0.3) is 5.91 Å². The standard InChI is InChI=1S/C36H37ClF5N9O3/c1-33(2,3)18-35(22-7-4-20(5-8-22)26-16-49(48-47-26)23-9-10-23)30(53)50(32(43)46-35)27(17-54-28(52)15-34(12-13-34)36(40,41)42)21-6-11-25(37)24(14-21)29-44-19-45-51(29)31(38)39/h4-8,11,14,16,19,23,27,31H,9-10,12-13,15,17-18H2,1-3H3,(H2,43,46)/t27-,35-/m1/s1. The Morgan fingerprint density at radius 3 is 2.41 bits per heavy atom. The van der Waals surface area contributed by atoms with E-state index in [4.69, 9.17) is 27.1 Å². The van der Waals surface area contributed by atoms with Crippen molar-refractivity contribution in [2.45, 2.75) is 89.6 Å². The molecule has 3 heterocycles. The number of ether oxygens (including phenoxy) is 1. The van der Waals surface area contributed by atoms with E-state index in [-0.39, 0.29) is 47.2 Å². The zero-order valence-corrected chi connectivity index (χ0v) is 30.3. The minimum Gasteiger partial charge on any atom is -0.463 e. The summed E-state index contributed by atoms with van der Waals surface area (Å²) in [6.07, 6.45) is -0.878. The summed E-state index contributed by atoms with van der Waals surface area (Å²) < 4.78 is 76.6. The largest absolute Gasteiger partial charge is 0.463 e. The minimum atomic E-state index is -4.60. The van der Waals surface area contributed by atoms with Gasteiger partial charge in [-0.1, -0.05) is 67.9 Å². The van der Waals surface area contributed by atoms with Gasteiger partial charge in [-0.15, -0.1) is 5.10 Å². The second kappa shape index (κ2) is 13.4. The van der Waals surface area contributed by atoms with Crippen LogP contribution in [0, 0.1) is 10.8 Å². The van der Waals surface area contributed by atoms with Crippen LogP contribution in [0.4, 0.5) is 22.0 Å². The maximum absolute atomic E-state index is 15.0. The van der Waals surface area contributed by atoms with Crippen molar-refractivity contribution in [2.24, 2.45) is 21.6 Å². The number of hydrogen-bond donors (Lipinski definition) is 1.